The summed E-state index contributed by atoms with van der Waals surface area (Å²) in [7, 11) is -3.22. The molecule has 0 aromatic heterocycles. The molecule has 1 aliphatic rings. The molecule has 0 aliphatic carbocycles. The average Bonchev–Trinajstić information content (AvgIpc) is 2.67. The number of likely N-dealkylation sites (tertiary alicyclic amines) is 1. The van der Waals surface area contributed by atoms with E-state index in [0.717, 1.165) is 30.5 Å². The number of rotatable bonds is 6. The highest BCUT2D eigenvalue weighted by Crippen LogP contribution is 2.24. The van der Waals surface area contributed by atoms with Crippen LogP contribution in [0.15, 0.2) is 54.6 Å². The monoisotopic (exact) mass is 387 g/mol. The van der Waals surface area contributed by atoms with Gasteiger partial charge in [0.1, 0.15) is 0 Å². The highest BCUT2D eigenvalue weighted by molar-refractivity contribution is 7.88. The maximum atomic E-state index is 13.1. The van der Waals surface area contributed by atoms with Crippen LogP contribution in [0.3, 0.4) is 0 Å². The van der Waals surface area contributed by atoms with Gasteiger partial charge in [0.2, 0.25) is 10.0 Å². The lowest BCUT2D eigenvalue weighted by atomic mass is 9.97. The SMILES string of the molecule is CS(=O)(=O)NCC1CCCN(C(=O)c2ccccc2Nc2ccccc2)C1. The summed E-state index contributed by atoms with van der Waals surface area (Å²) in [4.78, 5) is 14.9. The average molecular weight is 388 g/mol. The predicted octanol–water partition coefficient (Wildman–Crippen LogP) is 2.83. The van der Waals surface area contributed by atoms with Crippen molar-refractivity contribution in [1.29, 1.82) is 0 Å². The molecule has 1 saturated heterocycles. The number of carbonyl (C=O) groups excluding carboxylic acids is 1. The molecule has 1 atom stereocenters. The number of nitrogens with one attached hydrogen (secondary N) is 2. The van der Waals surface area contributed by atoms with Crippen molar-refractivity contribution < 1.29 is 13.2 Å². The maximum Gasteiger partial charge on any atom is 0.255 e. The minimum absolute atomic E-state index is 0.0295. The van der Waals surface area contributed by atoms with Crippen LogP contribution in [0.2, 0.25) is 0 Å². The van der Waals surface area contributed by atoms with Gasteiger partial charge in [-0.3, -0.25) is 4.79 Å². The first kappa shape index (κ1) is 19.4. The molecule has 3 rings (SSSR count). The molecule has 0 saturated carbocycles. The molecule has 1 unspecified atom stereocenters. The van der Waals surface area contributed by atoms with Gasteiger partial charge in [-0.1, -0.05) is 30.3 Å². The van der Waals surface area contributed by atoms with E-state index in [2.05, 4.69) is 10.0 Å². The van der Waals surface area contributed by atoms with E-state index in [-0.39, 0.29) is 11.8 Å². The number of hydrogen-bond donors (Lipinski definition) is 2. The first-order chi connectivity index (χ1) is 12.9. The van der Waals surface area contributed by atoms with Gasteiger partial charge in [-0.25, -0.2) is 13.1 Å². The lowest BCUT2D eigenvalue weighted by molar-refractivity contribution is 0.0677. The molecule has 1 aliphatic heterocycles. The quantitative estimate of drug-likeness (QED) is 0.799. The summed E-state index contributed by atoms with van der Waals surface area (Å²) in [5.74, 6) is 0.102. The zero-order chi connectivity index (χ0) is 19.3. The van der Waals surface area contributed by atoms with E-state index < -0.39 is 10.0 Å². The minimum Gasteiger partial charge on any atom is -0.355 e. The Bertz CT molecular complexity index is 884. The van der Waals surface area contributed by atoms with Gasteiger partial charge in [0.05, 0.1) is 17.5 Å². The molecule has 1 amide bonds. The van der Waals surface area contributed by atoms with Crippen LogP contribution in [0.1, 0.15) is 23.2 Å². The van der Waals surface area contributed by atoms with Crippen LogP contribution in [-0.4, -0.2) is 45.1 Å². The molecule has 0 spiro atoms. The van der Waals surface area contributed by atoms with Crippen molar-refractivity contribution in [2.75, 3.05) is 31.2 Å². The zero-order valence-electron chi connectivity index (χ0n) is 15.4. The molecule has 2 N–H and O–H groups in total. The van der Waals surface area contributed by atoms with Crippen molar-refractivity contribution in [3.05, 3.63) is 60.2 Å². The minimum atomic E-state index is -3.22. The molecule has 1 fully saturated rings. The fourth-order valence-electron chi connectivity index (χ4n) is 3.31. The molecule has 0 bridgehead atoms. The van der Waals surface area contributed by atoms with E-state index >= 15 is 0 Å². The summed E-state index contributed by atoms with van der Waals surface area (Å²) in [6, 6.07) is 17.2. The van der Waals surface area contributed by atoms with Crippen molar-refractivity contribution in [3.8, 4) is 0 Å². The first-order valence-electron chi connectivity index (χ1n) is 9.07. The largest absolute Gasteiger partial charge is 0.355 e. The number of carbonyl (C=O) groups is 1. The summed E-state index contributed by atoms with van der Waals surface area (Å²) < 4.78 is 25.2. The molecule has 27 heavy (non-hydrogen) atoms. The second-order valence-corrected chi connectivity index (χ2v) is 8.75. The topological polar surface area (TPSA) is 78.5 Å². The van der Waals surface area contributed by atoms with Crippen LogP contribution in [-0.2, 0) is 10.0 Å². The zero-order valence-corrected chi connectivity index (χ0v) is 16.2. The Morgan fingerprint density at radius 1 is 1.11 bits per heavy atom. The molecule has 0 radical (unpaired) electrons. The Kier molecular flexibility index (Phi) is 6.13. The molecule has 2 aromatic rings. The van der Waals surface area contributed by atoms with Crippen molar-refractivity contribution in [3.63, 3.8) is 0 Å². The van der Waals surface area contributed by atoms with Gasteiger partial charge in [-0.05, 0) is 43.0 Å². The van der Waals surface area contributed by atoms with E-state index in [1.807, 2.05) is 59.5 Å². The van der Waals surface area contributed by atoms with Crippen molar-refractivity contribution in [2.24, 2.45) is 5.92 Å². The Morgan fingerprint density at radius 3 is 2.56 bits per heavy atom. The van der Waals surface area contributed by atoms with Gasteiger partial charge in [0.25, 0.3) is 5.91 Å². The van der Waals surface area contributed by atoms with Crippen molar-refractivity contribution >= 4 is 27.3 Å². The highest BCUT2D eigenvalue weighted by atomic mass is 32.2. The molecular weight excluding hydrogens is 362 g/mol. The summed E-state index contributed by atoms with van der Waals surface area (Å²) in [5.41, 5.74) is 2.31. The summed E-state index contributed by atoms with van der Waals surface area (Å²) in [6.45, 7) is 1.61. The van der Waals surface area contributed by atoms with Gasteiger partial charge in [0, 0.05) is 25.3 Å². The highest BCUT2D eigenvalue weighted by Gasteiger charge is 2.26. The Labute approximate surface area is 160 Å². The van der Waals surface area contributed by atoms with E-state index in [9.17, 15) is 13.2 Å². The molecule has 7 heteroatoms. The smallest absolute Gasteiger partial charge is 0.255 e. The number of amides is 1. The Hall–Kier alpha value is -2.38. The van der Waals surface area contributed by atoms with Gasteiger partial charge in [-0.15, -0.1) is 0 Å². The first-order valence-corrected chi connectivity index (χ1v) is 11.0. The van der Waals surface area contributed by atoms with Crippen molar-refractivity contribution in [2.45, 2.75) is 12.8 Å². The van der Waals surface area contributed by atoms with Crippen LogP contribution in [0, 0.1) is 5.92 Å². The number of piperidine rings is 1. The normalized spacial score (nSPS) is 17.5. The molecular formula is C20H25N3O3S. The Morgan fingerprint density at radius 2 is 1.81 bits per heavy atom. The number of benzene rings is 2. The molecule has 144 valence electrons. The van der Waals surface area contributed by atoms with Gasteiger partial charge in [-0.2, -0.15) is 0 Å². The van der Waals surface area contributed by atoms with E-state index in [1.165, 1.54) is 0 Å². The number of anilines is 2. The third-order valence-electron chi connectivity index (χ3n) is 4.65. The molecule has 2 aromatic carbocycles. The summed E-state index contributed by atoms with van der Waals surface area (Å²) >= 11 is 0. The second kappa shape index (κ2) is 8.54. The second-order valence-electron chi connectivity index (χ2n) is 6.92. The molecule has 6 nitrogen and oxygen atoms in total. The van der Waals surface area contributed by atoms with E-state index in [4.69, 9.17) is 0 Å². The standard InChI is InChI=1S/C20H25N3O3S/c1-27(25,26)21-14-16-8-7-13-23(15-16)20(24)18-11-5-6-12-19(18)22-17-9-3-2-4-10-17/h2-6,9-12,16,21-22H,7-8,13-15H2,1H3. The third kappa shape index (κ3) is 5.55. The van der Waals surface area contributed by atoms with Gasteiger partial charge in [0.15, 0.2) is 0 Å². The van der Waals surface area contributed by atoms with Crippen LogP contribution >= 0.6 is 0 Å². The number of para-hydroxylation sites is 2. The van der Waals surface area contributed by atoms with E-state index in [1.54, 1.807) is 0 Å². The summed E-state index contributed by atoms with van der Waals surface area (Å²) in [6.07, 6.45) is 2.94. The number of nitrogens with zero attached hydrogens (tertiary/aromatic N) is 1. The van der Waals surface area contributed by atoms with Crippen LogP contribution in [0.5, 0.6) is 0 Å². The van der Waals surface area contributed by atoms with Crippen molar-refractivity contribution in [1.82, 2.24) is 9.62 Å². The predicted molar refractivity (Wildman–Crippen MR) is 108 cm³/mol. The lowest BCUT2D eigenvalue weighted by Gasteiger charge is -2.33. The molecule has 1 heterocycles. The van der Waals surface area contributed by atoms with Crippen LogP contribution in [0.25, 0.3) is 0 Å². The third-order valence-corrected chi connectivity index (χ3v) is 5.34. The number of hydrogen-bond acceptors (Lipinski definition) is 4. The summed E-state index contributed by atoms with van der Waals surface area (Å²) in [5, 5.41) is 3.31. The maximum absolute atomic E-state index is 13.1. The van der Waals surface area contributed by atoms with Crippen LogP contribution in [0.4, 0.5) is 11.4 Å². The van der Waals surface area contributed by atoms with Gasteiger partial charge < -0.3 is 10.2 Å². The Balaban J connectivity index is 1.72. The lowest BCUT2D eigenvalue weighted by Crippen LogP contribution is -2.43. The van der Waals surface area contributed by atoms with E-state index in [0.29, 0.717) is 25.2 Å². The fourth-order valence-corrected chi connectivity index (χ4v) is 3.85. The fraction of sp³-hybridized carbons (Fsp3) is 0.350. The number of sulfonamides is 1. The van der Waals surface area contributed by atoms with Gasteiger partial charge >= 0.3 is 0 Å². The van der Waals surface area contributed by atoms with Crippen LogP contribution < -0.4 is 10.0 Å².